The largest absolute Gasteiger partial charge is 0.295 e. The van der Waals surface area contributed by atoms with Gasteiger partial charge < -0.3 is 0 Å². The zero-order valence-corrected chi connectivity index (χ0v) is 12.8. The minimum atomic E-state index is -0.504. The molecule has 0 amide bonds. The molecule has 0 saturated carbocycles. The molecule has 0 N–H and O–H groups in total. The van der Waals surface area contributed by atoms with Gasteiger partial charge in [0.2, 0.25) is 0 Å². The van der Waals surface area contributed by atoms with Crippen LogP contribution in [-0.2, 0) is 5.41 Å². The van der Waals surface area contributed by atoms with E-state index in [9.17, 15) is 10.1 Å². The van der Waals surface area contributed by atoms with E-state index in [2.05, 4.69) is 18.2 Å². The summed E-state index contributed by atoms with van der Waals surface area (Å²) in [5, 5.41) is 9.71. The van der Waals surface area contributed by atoms with Crippen LogP contribution in [0.2, 0.25) is 0 Å². The van der Waals surface area contributed by atoms with E-state index in [1.165, 1.54) is 0 Å². The number of nitrogens with zero attached hydrogens (tertiary/aromatic N) is 1. The van der Waals surface area contributed by atoms with Gasteiger partial charge in [0.15, 0.2) is 5.78 Å². The third kappa shape index (κ3) is 1.98. The van der Waals surface area contributed by atoms with Gasteiger partial charge in [-0.2, -0.15) is 5.26 Å². The lowest BCUT2D eigenvalue weighted by atomic mass is 9.59. The number of ketones is 1. The molecular weight excluding hydrogens is 270 g/mol. The molecule has 2 aromatic rings. The molecule has 22 heavy (non-hydrogen) atoms. The van der Waals surface area contributed by atoms with Crippen molar-refractivity contribution in [1.82, 2.24) is 0 Å². The highest BCUT2D eigenvalue weighted by Crippen LogP contribution is 2.53. The molecule has 0 spiro atoms. The lowest BCUT2D eigenvalue weighted by Gasteiger charge is -2.41. The molecule has 0 saturated heterocycles. The summed E-state index contributed by atoms with van der Waals surface area (Å²) in [6.07, 6.45) is 2.83. The lowest BCUT2D eigenvalue weighted by molar-refractivity contribution is 0.101. The SMILES string of the molecule is CCC1(C#N)/C(=C/c2ccc(C(C)=O)cc2)c2ccccc21. The molecule has 0 aromatic heterocycles. The second-order valence-electron chi connectivity index (χ2n) is 5.65. The Morgan fingerprint density at radius 1 is 1.18 bits per heavy atom. The summed E-state index contributed by atoms with van der Waals surface area (Å²) >= 11 is 0. The van der Waals surface area contributed by atoms with Crippen LogP contribution in [0.1, 0.15) is 47.3 Å². The molecule has 1 unspecified atom stereocenters. The Hall–Kier alpha value is -2.66. The Balaban J connectivity index is 2.07. The number of carbonyl (C=O) groups excluding carboxylic acids is 1. The van der Waals surface area contributed by atoms with Gasteiger partial charge in [0.05, 0.1) is 6.07 Å². The molecule has 0 bridgehead atoms. The summed E-state index contributed by atoms with van der Waals surface area (Å²) < 4.78 is 0. The number of hydrogen-bond acceptors (Lipinski definition) is 2. The van der Waals surface area contributed by atoms with Gasteiger partial charge in [0, 0.05) is 5.56 Å². The quantitative estimate of drug-likeness (QED) is 0.773. The first-order chi connectivity index (χ1) is 10.6. The fraction of sp³-hybridized carbons (Fsp3) is 0.200. The first-order valence-corrected chi connectivity index (χ1v) is 7.46. The van der Waals surface area contributed by atoms with Crippen molar-refractivity contribution >= 4 is 17.4 Å². The van der Waals surface area contributed by atoms with Crippen molar-refractivity contribution in [1.29, 1.82) is 5.26 Å². The monoisotopic (exact) mass is 287 g/mol. The maximum atomic E-state index is 11.3. The zero-order chi connectivity index (χ0) is 15.7. The molecule has 2 aromatic carbocycles. The Kier molecular flexibility index (Phi) is 3.42. The number of benzene rings is 2. The molecule has 2 heteroatoms. The van der Waals surface area contributed by atoms with E-state index in [4.69, 9.17) is 0 Å². The van der Waals surface area contributed by atoms with Crippen LogP contribution in [0.4, 0.5) is 0 Å². The average molecular weight is 287 g/mol. The van der Waals surface area contributed by atoms with E-state index in [0.29, 0.717) is 5.56 Å². The molecule has 0 aliphatic heterocycles. The summed E-state index contributed by atoms with van der Waals surface area (Å²) in [6, 6.07) is 18.1. The lowest BCUT2D eigenvalue weighted by Crippen LogP contribution is -2.35. The molecule has 1 aliphatic carbocycles. The van der Waals surface area contributed by atoms with Crippen LogP contribution in [0.25, 0.3) is 11.6 Å². The molecule has 0 radical (unpaired) electrons. The molecule has 3 rings (SSSR count). The van der Waals surface area contributed by atoms with Crippen LogP contribution in [0.15, 0.2) is 48.5 Å². The molecule has 1 aliphatic rings. The molecule has 1 atom stereocenters. The summed E-state index contributed by atoms with van der Waals surface area (Å²) in [6.45, 7) is 3.61. The fourth-order valence-electron chi connectivity index (χ4n) is 3.16. The van der Waals surface area contributed by atoms with Crippen molar-refractivity contribution in [2.75, 3.05) is 0 Å². The van der Waals surface area contributed by atoms with E-state index >= 15 is 0 Å². The molecular formula is C20H17NO. The van der Waals surface area contributed by atoms with Crippen molar-refractivity contribution in [3.63, 3.8) is 0 Å². The van der Waals surface area contributed by atoms with Gasteiger partial charge in [-0.1, -0.05) is 55.5 Å². The number of rotatable bonds is 3. The zero-order valence-electron chi connectivity index (χ0n) is 12.8. The van der Waals surface area contributed by atoms with E-state index in [1.807, 2.05) is 49.4 Å². The first kappa shape index (κ1) is 14.3. The number of nitriles is 1. The van der Waals surface area contributed by atoms with Crippen LogP contribution in [-0.4, -0.2) is 5.78 Å². The second-order valence-corrected chi connectivity index (χ2v) is 5.65. The number of Topliss-reactive ketones (excluding diaryl/α,β-unsaturated/α-hetero) is 1. The minimum absolute atomic E-state index is 0.0631. The summed E-state index contributed by atoms with van der Waals surface area (Å²) in [4.78, 5) is 11.3. The third-order valence-corrected chi connectivity index (χ3v) is 4.49. The second kappa shape index (κ2) is 5.27. The minimum Gasteiger partial charge on any atom is -0.295 e. The van der Waals surface area contributed by atoms with E-state index in [1.54, 1.807) is 6.92 Å². The Morgan fingerprint density at radius 3 is 2.45 bits per heavy atom. The standard InChI is InChI=1S/C20H17NO/c1-3-20(13-21)18-7-5-4-6-17(18)19(20)12-15-8-10-16(11-9-15)14(2)22/h4-12H,3H2,1-2H3/b19-12+. The first-order valence-electron chi connectivity index (χ1n) is 7.46. The Morgan fingerprint density at radius 2 is 1.86 bits per heavy atom. The van der Waals surface area contributed by atoms with Crippen LogP contribution in [0.5, 0.6) is 0 Å². The number of carbonyl (C=O) groups is 1. The van der Waals surface area contributed by atoms with Gasteiger partial charge in [0.1, 0.15) is 5.41 Å². The van der Waals surface area contributed by atoms with Crippen molar-refractivity contribution in [2.45, 2.75) is 25.7 Å². The average Bonchev–Trinajstić information content (AvgIpc) is 2.55. The van der Waals surface area contributed by atoms with Crippen LogP contribution >= 0.6 is 0 Å². The number of fused-ring (bicyclic) bond motifs is 1. The predicted molar refractivity (Wildman–Crippen MR) is 88.3 cm³/mol. The fourth-order valence-corrected chi connectivity index (χ4v) is 3.16. The normalized spacial score (nSPS) is 20.9. The summed E-state index contributed by atoms with van der Waals surface area (Å²) in [5.74, 6) is 0.0631. The van der Waals surface area contributed by atoms with E-state index in [0.717, 1.165) is 28.7 Å². The van der Waals surface area contributed by atoms with Gasteiger partial charge >= 0.3 is 0 Å². The highest BCUT2D eigenvalue weighted by atomic mass is 16.1. The third-order valence-electron chi connectivity index (χ3n) is 4.49. The Labute approximate surface area is 130 Å². The van der Waals surface area contributed by atoms with Crippen molar-refractivity contribution < 1.29 is 4.79 Å². The molecule has 2 nitrogen and oxygen atoms in total. The van der Waals surface area contributed by atoms with Gasteiger partial charge in [-0.25, -0.2) is 0 Å². The summed E-state index contributed by atoms with van der Waals surface area (Å²) in [5.41, 5.74) is 4.56. The number of allylic oxidation sites excluding steroid dienone is 1. The molecule has 108 valence electrons. The van der Waals surface area contributed by atoms with Crippen LogP contribution in [0, 0.1) is 11.3 Å². The van der Waals surface area contributed by atoms with Gasteiger partial charge in [0.25, 0.3) is 0 Å². The van der Waals surface area contributed by atoms with E-state index in [-0.39, 0.29) is 5.78 Å². The van der Waals surface area contributed by atoms with Crippen molar-refractivity contribution in [3.05, 3.63) is 70.8 Å². The van der Waals surface area contributed by atoms with Crippen molar-refractivity contribution in [2.24, 2.45) is 0 Å². The maximum absolute atomic E-state index is 11.3. The van der Waals surface area contributed by atoms with Gasteiger partial charge in [-0.3, -0.25) is 4.79 Å². The number of hydrogen-bond donors (Lipinski definition) is 0. The van der Waals surface area contributed by atoms with Crippen molar-refractivity contribution in [3.8, 4) is 6.07 Å². The van der Waals surface area contributed by atoms with Crippen LogP contribution in [0.3, 0.4) is 0 Å². The molecule has 0 heterocycles. The topological polar surface area (TPSA) is 40.9 Å². The van der Waals surface area contributed by atoms with Crippen LogP contribution < -0.4 is 0 Å². The Bertz CT molecular complexity index is 808. The highest BCUT2D eigenvalue weighted by Gasteiger charge is 2.46. The summed E-state index contributed by atoms with van der Waals surface area (Å²) in [7, 11) is 0. The van der Waals surface area contributed by atoms with Gasteiger partial charge in [-0.05, 0) is 41.7 Å². The molecule has 0 fully saturated rings. The maximum Gasteiger partial charge on any atom is 0.159 e. The van der Waals surface area contributed by atoms with E-state index < -0.39 is 5.41 Å². The highest BCUT2D eigenvalue weighted by molar-refractivity contribution is 5.99. The van der Waals surface area contributed by atoms with Gasteiger partial charge in [-0.15, -0.1) is 0 Å². The smallest absolute Gasteiger partial charge is 0.159 e. The predicted octanol–water partition coefficient (Wildman–Crippen LogP) is 4.61.